The third-order valence-corrected chi connectivity index (χ3v) is 5.17. The van der Waals surface area contributed by atoms with Crippen molar-refractivity contribution in [2.45, 2.75) is 37.8 Å². The van der Waals surface area contributed by atoms with Gasteiger partial charge in [-0.25, -0.2) is 0 Å². The van der Waals surface area contributed by atoms with Crippen molar-refractivity contribution < 1.29 is 27.2 Å². The zero-order valence-corrected chi connectivity index (χ0v) is 14.8. The monoisotopic (exact) mass is 383 g/mol. The van der Waals surface area contributed by atoms with Crippen molar-refractivity contribution in [2.24, 2.45) is 0 Å². The highest BCUT2D eigenvalue weighted by molar-refractivity contribution is 5.55. The predicted molar refractivity (Wildman–Crippen MR) is 88.6 cm³/mol. The van der Waals surface area contributed by atoms with Crippen LogP contribution < -0.4 is 0 Å². The van der Waals surface area contributed by atoms with Gasteiger partial charge in [-0.3, -0.25) is 4.90 Å². The highest BCUT2D eigenvalue weighted by atomic mass is 19.4. The summed E-state index contributed by atoms with van der Waals surface area (Å²) >= 11 is 0. The van der Waals surface area contributed by atoms with Gasteiger partial charge in [0.05, 0.1) is 24.8 Å². The van der Waals surface area contributed by atoms with E-state index in [1.807, 2.05) is 6.92 Å². The van der Waals surface area contributed by atoms with Crippen molar-refractivity contribution >= 4 is 0 Å². The van der Waals surface area contributed by atoms with Crippen LogP contribution >= 0.6 is 0 Å². The van der Waals surface area contributed by atoms with Gasteiger partial charge < -0.3 is 14.0 Å². The first-order valence-electron chi connectivity index (χ1n) is 8.90. The summed E-state index contributed by atoms with van der Waals surface area (Å²) in [5.41, 5.74) is -0.463. The minimum Gasteiger partial charge on any atom is -0.347 e. The van der Waals surface area contributed by atoms with Crippen LogP contribution in [0.3, 0.4) is 0 Å². The molecule has 6 nitrogen and oxygen atoms in total. The number of aromatic nitrogens is 2. The van der Waals surface area contributed by atoms with Gasteiger partial charge in [0.1, 0.15) is 0 Å². The normalized spacial score (nSPS) is 21.6. The molecule has 2 aliphatic heterocycles. The Balaban J connectivity index is 1.46. The summed E-state index contributed by atoms with van der Waals surface area (Å²) in [6, 6.07) is 4.77. The summed E-state index contributed by atoms with van der Waals surface area (Å²) in [6.07, 6.45) is -2.90. The van der Waals surface area contributed by atoms with Gasteiger partial charge in [-0.1, -0.05) is 17.3 Å². The van der Waals surface area contributed by atoms with Crippen LogP contribution in [0, 0.1) is 0 Å². The van der Waals surface area contributed by atoms with Crippen LogP contribution in [-0.2, 0) is 15.7 Å². The maximum absolute atomic E-state index is 12.9. The molecular weight excluding hydrogens is 363 g/mol. The molecule has 0 amide bonds. The molecular formula is C18H20F3N3O3. The van der Waals surface area contributed by atoms with E-state index in [2.05, 4.69) is 15.0 Å². The second-order valence-corrected chi connectivity index (χ2v) is 6.85. The molecule has 9 heteroatoms. The lowest BCUT2D eigenvalue weighted by molar-refractivity contribution is -0.188. The zero-order chi connectivity index (χ0) is 19.1. The van der Waals surface area contributed by atoms with Crippen LogP contribution in [0.5, 0.6) is 0 Å². The molecule has 0 N–H and O–H groups in total. The summed E-state index contributed by atoms with van der Waals surface area (Å²) in [6.45, 7) is 4.70. The second kappa shape index (κ2) is 6.88. The maximum atomic E-state index is 12.9. The molecule has 0 saturated carbocycles. The van der Waals surface area contributed by atoms with Gasteiger partial charge in [0.2, 0.25) is 11.7 Å². The summed E-state index contributed by atoms with van der Waals surface area (Å²) in [5, 5.41) is 3.87. The Morgan fingerprint density at radius 2 is 1.85 bits per heavy atom. The number of likely N-dealkylation sites (tertiary alicyclic amines) is 1. The SMILES string of the molecule is C[C@H](c1nc(-c2cccc(C(F)(F)F)c2)no1)N1CCC2(CC1)OCCO2. The van der Waals surface area contributed by atoms with Crippen molar-refractivity contribution in [3.05, 3.63) is 35.7 Å². The van der Waals surface area contributed by atoms with E-state index in [0.29, 0.717) is 19.1 Å². The van der Waals surface area contributed by atoms with Gasteiger partial charge >= 0.3 is 6.18 Å². The molecule has 2 saturated heterocycles. The van der Waals surface area contributed by atoms with E-state index in [0.717, 1.165) is 38.1 Å². The van der Waals surface area contributed by atoms with E-state index in [-0.39, 0.29) is 17.4 Å². The number of piperidine rings is 1. The summed E-state index contributed by atoms with van der Waals surface area (Å²) in [7, 11) is 0. The molecule has 1 aromatic carbocycles. The van der Waals surface area contributed by atoms with E-state index in [1.54, 1.807) is 0 Å². The minimum atomic E-state index is -4.41. The molecule has 0 unspecified atom stereocenters. The van der Waals surface area contributed by atoms with Crippen LogP contribution in [0.4, 0.5) is 13.2 Å². The Morgan fingerprint density at radius 1 is 1.15 bits per heavy atom. The third-order valence-electron chi connectivity index (χ3n) is 5.17. The fourth-order valence-corrected chi connectivity index (χ4v) is 3.55. The first-order chi connectivity index (χ1) is 12.9. The number of hydrogen-bond donors (Lipinski definition) is 0. The molecule has 1 spiro atoms. The molecule has 0 aliphatic carbocycles. The Morgan fingerprint density at radius 3 is 2.52 bits per heavy atom. The van der Waals surface area contributed by atoms with Gasteiger partial charge in [-0.2, -0.15) is 18.2 Å². The molecule has 1 atom stereocenters. The molecule has 146 valence electrons. The molecule has 0 bridgehead atoms. The van der Waals surface area contributed by atoms with E-state index < -0.39 is 17.5 Å². The number of ether oxygens (including phenoxy) is 2. The van der Waals surface area contributed by atoms with Crippen molar-refractivity contribution in [2.75, 3.05) is 26.3 Å². The molecule has 2 aliphatic rings. The first kappa shape index (κ1) is 18.4. The van der Waals surface area contributed by atoms with Crippen LogP contribution in [0.1, 0.15) is 37.3 Å². The lowest BCUT2D eigenvalue weighted by atomic mass is 10.0. The van der Waals surface area contributed by atoms with Crippen LogP contribution in [-0.4, -0.2) is 47.1 Å². The Labute approximate surface area is 154 Å². The van der Waals surface area contributed by atoms with Crippen molar-refractivity contribution in [1.82, 2.24) is 15.0 Å². The summed E-state index contributed by atoms with van der Waals surface area (Å²) in [5.74, 6) is 0.0688. The average molecular weight is 383 g/mol. The summed E-state index contributed by atoms with van der Waals surface area (Å²) < 4.78 is 55.5. The topological polar surface area (TPSA) is 60.6 Å². The first-order valence-corrected chi connectivity index (χ1v) is 8.90. The van der Waals surface area contributed by atoms with Gasteiger partial charge in [-0.05, 0) is 19.1 Å². The van der Waals surface area contributed by atoms with Crippen molar-refractivity contribution in [3.8, 4) is 11.4 Å². The number of alkyl halides is 3. The van der Waals surface area contributed by atoms with Crippen molar-refractivity contribution in [1.29, 1.82) is 0 Å². The molecule has 2 aromatic rings. The van der Waals surface area contributed by atoms with E-state index in [1.165, 1.54) is 12.1 Å². The van der Waals surface area contributed by atoms with E-state index in [9.17, 15) is 13.2 Å². The zero-order valence-electron chi connectivity index (χ0n) is 14.8. The number of hydrogen-bond acceptors (Lipinski definition) is 6. The number of benzene rings is 1. The second-order valence-electron chi connectivity index (χ2n) is 6.85. The van der Waals surface area contributed by atoms with Crippen LogP contribution in [0.2, 0.25) is 0 Å². The Bertz CT molecular complexity index is 792. The summed E-state index contributed by atoms with van der Waals surface area (Å²) in [4.78, 5) is 6.50. The van der Waals surface area contributed by atoms with Gasteiger partial charge in [0, 0.05) is 31.5 Å². The highest BCUT2D eigenvalue weighted by Gasteiger charge is 2.41. The smallest absolute Gasteiger partial charge is 0.347 e. The standard InChI is InChI=1S/C18H20F3N3O3/c1-12(24-7-5-17(6-8-24)25-9-10-26-17)16-22-15(23-27-16)13-3-2-4-14(11-13)18(19,20)21/h2-4,11-12H,5-10H2,1H3/t12-/m1/s1. The maximum Gasteiger partial charge on any atom is 0.416 e. The fourth-order valence-electron chi connectivity index (χ4n) is 3.55. The van der Waals surface area contributed by atoms with Gasteiger partial charge in [-0.15, -0.1) is 0 Å². The van der Waals surface area contributed by atoms with Crippen LogP contribution in [0.25, 0.3) is 11.4 Å². The molecule has 27 heavy (non-hydrogen) atoms. The largest absolute Gasteiger partial charge is 0.416 e. The van der Waals surface area contributed by atoms with E-state index in [4.69, 9.17) is 14.0 Å². The van der Waals surface area contributed by atoms with Crippen LogP contribution in [0.15, 0.2) is 28.8 Å². The predicted octanol–water partition coefficient (Wildman–Crippen LogP) is 3.66. The Hall–Kier alpha value is -1.97. The molecule has 2 fully saturated rings. The number of rotatable bonds is 3. The van der Waals surface area contributed by atoms with Crippen molar-refractivity contribution in [3.63, 3.8) is 0 Å². The lowest BCUT2D eigenvalue weighted by Crippen LogP contribution is -2.45. The Kier molecular flexibility index (Phi) is 4.69. The molecule has 1 aromatic heterocycles. The molecule has 3 heterocycles. The van der Waals surface area contributed by atoms with E-state index >= 15 is 0 Å². The number of nitrogens with zero attached hydrogens (tertiary/aromatic N) is 3. The quantitative estimate of drug-likeness (QED) is 0.806. The highest BCUT2D eigenvalue weighted by Crippen LogP contribution is 2.35. The molecule has 0 radical (unpaired) electrons. The van der Waals surface area contributed by atoms with Gasteiger partial charge in [0.15, 0.2) is 5.79 Å². The average Bonchev–Trinajstić information content (AvgIpc) is 3.31. The molecule has 4 rings (SSSR count). The van der Waals surface area contributed by atoms with Gasteiger partial charge in [0.25, 0.3) is 0 Å². The lowest BCUT2D eigenvalue weighted by Gasteiger charge is -2.39. The third kappa shape index (κ3) is 3.71. The fraction of sp³-hybridized carbons (Fsp3) is 0.556. The number of halogens is 3. The minimum absolute atomic E-state index is 0.143.